The minimum Gasteiger partial charge on any atom is -0.457 e. The van der Waals surface area contributed by atoms with Gasteiger partial charge in [-0.1, -0.05) is 26.8 Å². The van der Waals surface area contributed by atoms with Crippen LogP contribution < -0.4 is 0 Å². The number of carbonyl (C=O) groups excluding carboxylic acids is 4. The Morgan fingerprint density at radius 1 is 1.12 bits per heavy atom. The molecule has 0 bridgehead atoms. The van der Waals surface area contributed by atoms with E-state index in [1.807, 2.05) is 0 Å². The fourth-order valence-electron chi connectivity index (χ4n) is 8.42. The SMILES string of the molecule is CCCOC(=O)O[C@]1(C(=O)COC(=O)C2CC2)[C@H](C)C[C@H]2[C@@H]3C[C@H](F)C4=CC(=O)C=C[C@]4(C)[C@@]3(F)[C@@H](O)C[C@@]21C. The molecule has 4 fully saturated rings. The Kier molecular flexibility index (Phi) is 7.03. The number of fused-ring (bicyclic) bond motifs is 5. The van der Waals surface area contributed by atoms with Crippen molar-refractivity contribution in [3.8, 4) is 0 Å². The third kappa shape index (κ3) is 3.91. The average Bonchev–Trinajstić information content (AvgIpc) is 3.72. The van der Waals surface area contributed by atoms with Crippen LogP contribution in [0.5, 0.6) is 0 Å². The van der Waals surface area contributed by atoms with E-state index < -0.39 is 82.4 Å². The molecular formula is C30H38F2O8. The van der Waals surface area contributed by atoms with Crippen LogP contribution in [0.15, 0.2) is 23.8 Å². The van der Waals surface area contributed by atoms with Crippen molar-refractivity contribution in [2.75, 3.05) is 13.2 Å². The van der Waals surface area contributed by atoms with Crippen molar-refractivity contribution in [1.29, 1.82) is 0 Å². The molecular weight excluding hydrogens is 526 g/mol. The zero-order chi connectivity index (χ0) is 29.3. The number of ether oxygens (including phenoxy) is 3. The van der Waals surface area contributed by atoms with Gasteiger partial charge < -0.3 is 19.3 Å². The van der Waals surface area contributed by atoms with Crippen molar-refractivity contribution in [2.24, 2.45) is 34.5 Å². The number of alkyl halides is 2. The number of carbonyl (C=O) groups is 4. The Balaban J connectivity index is 1.56. The smallest absolute Gasteiger partial charge is 0.457 e. The van der Waals surface area contributed by atoms with E-state index >= 15 is 8.78 Å². The second-order valence-corrected chi connectivity index (χ2v) is 12.7. The fraction of sp³-hybridized carbons (Fsp3) is 0.733. The quantitative estimate of drug-likeness (QED) is 0.453. The lowest BCUT2D eigenvalue weighted by atomic mass is 9.44. The number of ketones is 2. The third-order valence-electron chi connectivity index (χ3n) is 10.5. The van der Waals surface area contributed by atoms with E-state index in [0.29, 0.717) is 19.3 Å². The fourth-order valence-corrected chi connectivity index (χ4v) is 8.42. The van der Waals surface area contributed by atoms with Crippen LogP contribution in [0.4, 0.5) is 13.6 Å². The molecule has 0 aromatic heterocycles. The zero-order valence-corrected chi connectivity index (χ0v) is 23.4. The van der Waals surface area contributed by atoms with Crippen molar-refractivity contribution in [3.05, 3.63) is 23.8 Å². The molecule has 40 heavy (non-hydrogen) atoms. The van der Waals surface area contributed by atoms with Gasteiger partial charge in [-0.05, 0) is 69.1 Å². The summed E-state index contributed by atoms with van der Waals surface area (Å²) < 4.78 is 49.6. The highest BCUT2D eigenvalue weighted by atomic mass is 19.1. The maximum Gasteiger partial charge on any atom is 0.509 e. The molecule has 4 saturated carbocycles. The molecule has 9 atom stereocenters. The molecule has 0 saturated heterocycles. The molecule has 0 aromatic carbocycles. The Bertz CT molecular complexity index is 1180. The molecule has 10 heteroatoms. The summed E-state index contributed by atoms with van der Waals surface area (Å²) >= 11 is 0. The highest BCUT2D eigenvalue weighted by Crippen LogP contribution is 2.71. The Hall–Kier alpha value is -2.62. The van der Waals surface area contributed by atoms with Gasteiger partial charge in [0.15, 0.2) is 23.7 Å². The first-order chi connectivity index (χ1) is 18.8. The highest BCUT2D eigenvalue weighted by molar-refractivity contribution is 6.01. The number of hydrogen-bond acceptors (Lipinski definition) is 8. The van der Waals surface area contributed by atoms with E-state index in [9.17, 15) is 24.3 Å². The van der Waals surface area contributed by atoms with E-state index in [4.69, 9.17) is 14.2 Å². The average molecular weight is 565 g/mol. The van der Waals surface area contributed by atoms with Gasteiger partial charge in [0.2, 0.25) is 5.78 Å². The van der Waals surface area contributed by atoms with Gasteiger partial charge in [0.25, 0.3) is 0 Å². The first kappa shape index (κ1) is 28.9. The summed E-state index contributed by atoms with van der Waals surface area (Å²) in [7, 11) is 0. The monoisotopic (exact) mass is 564 g/mol. The molecule has 8 nitrogen and oxygen atoms in total. The van der Waals surface area contributed by atoms with Crippen LogP contribution in [0.2, 0.25) is 0 Å². The van der Waals surface area contributed by atoms with Crippen LogP contribution in [0.25, 0.3) is 0 Å². The second-order valence-electron chi connectivity index (χ2n) is 12.7. The first-order valence-corrected chi connectivity index (χ1v) is 14.3. The maximum absolute atomic E-state index is 17.5. The summed E-state index contributed by atoms with van der Waals surface area (Å²) in [6, 6.07) is 0. The van der Waals surface area contributed by atoms with Crippen molar-refractivity contribution in [1.82, 2.24) is 0 Å². The number of Topliss-reactive ketones (excluding diaryl/α,β-unsaturated/α-hetero) is 1. The molecule has 0 amide bonds. The van der Waals surface area contributed by atoms with Crippen molar-refractivity contribution in [2.45, 2.75) is 89.8 Å². The predicted molar refractivity (Wildman–Crippen MR) is 137 cm³/mol. The summed E-state index contributed by atoms with van der Waals surface area (Å²) in [5.41, 5.74) is -7.16. The second kappa shape index (κ2) is 9.74. The normalized spacial score (nSPS) is 43.6. The zero-order valence-electron chi connectivity index (χ0n) is 23.4. The van der Waals surface area contributed by atoms with Crippen LogP contribution in [0, 0.1) is 34.5 Å². The summed E-state index contributed by atoms with van der Waals surface area (Å²) in [6.45, 7) is 6.07. The van der Waals surface area contributed by atoms with Crippen LogP contribution in [0.1, 0.15) is 66.2 Å². The molecule has 1 N–H and O–H groups in total. The third-order valence-corrected chi connectivity index (χ3v) is 10.5. The standard InChI is InChI=1S/C30H38F2O8/c1-5-10-38-26(37)40-30(24(35)15-39-25(36)17-6-7-17)16(2)11-19-20-13-22(31)21-12-18(33)8-9-27(21,3)29(20,32)23(34)14-28(19,30)4/h8-9,12,16-17,19-20,22-23,34H,5-7,10-11,13-15H2,1-4H3/t16-,19+,20+,22+,23+,27+,28+,29+,30+/m1/s1. The Labute approximate surface area is 232 Å². The number of aliphatic hydroxyl groups excluding tert-OH is 1. The van der Waals surface area contributed by atoms with Crippen molar-refractivity contribution < 1.29 is 47.3 Å². The summed E-state index contributed by atoms with van der Waals surface area (Å²) in [5, 5.41) is 11.6. The van der Waals surface area contributed by atoms with Crippen molar-refractivity contribution >= 4 is 23.7 Å². The van der Waals surface area contributed by atoms with Gasteiger partial charge in [0, 0.05) is 22.7 Å². The molecule has 5 aliphatic carbocycles. The first-order valence-electron chi connectivity index (χ1n) is 14.3. The summed E-state index contributed by atoms with van der Waals surface area (Å²) in [5.74, 6) is -4.29. The van der Waals surface area contributed by atoms with E-state index in [0.717, 1.165) is 6.08 Å². The van der Waals surface area contributed by atoms with Crippen LogP contribution in [-0.2, 0) is 28.6 Å². The molecule has 0 radical (unpaired) electrons. The summed E-state index contributed by atoms with van der Waals surface area (Å²) in [4.78, 5) is 51.2. The Morgan fingerprint density at radius 3 is 2.48 bits per heavy atom. The van der Waals surface area contributed by atoms with Crippen molar-refractivity contribution in [3.63, 3.8) is 0 Å². The lowest BCUT2D eigenvalue weighted by Crippen LogP contribution is -2.71. The van der Waals surface area contributed by atoms with Gasteiger partial charge in [-0.15, -0.1) is 0 Å². The lowest BCUT2D eigenvalue weighted by molar-refractivity contribution is -0.226. The van der Waals surface area contributed by atoms with Gasteiger partial charge in [-0.3, -0.25) is 14.4 Å². The van der Waals surface area contributed by atoms with E-state index in [1.165, 1.54) is 19.1 Å². The molecule has 0 unspecified atom stereocenters. The minimum absolute atomic E-state index is 0.00108. The lowest BCUT2D eigenvalue weighted by Gasteiger charge is -2.63. The molecule has 5 aliphatic rings. The summed E-state index contributed by atoms with van der Waals surface area (Å²) in [6.07, 6.45) is 0.763. The number of halogens is 2. The maximum atomic E-state index is 17.5. The van der Waals surface area contributed by atoms with Crippen LogP contribution >= 0.6 is 0 Å². The molecule has 5 rings (SSSR count). The van der Waals surface area contributed by atoms with Crippen LogP contribution in [0.3, 0.4) is 0 Å². The van der Waals surface area contributed by atoms with Gasteiger partial charge in [-0.25, -0.2) is 13.6 Å². The topological polar surface area (TPSA) is 116 Å². The van der Waals surface area contributed by atoms with E-state index in [-0.39, 0.29) is 37.4 Å². The molecule has 0 spiro atoms. The van der Waals surface area contributed by atoms with E-state index in [2.05, 4.69) is 0 Å². The molecule has 0 aliphatic heterocycles. The Morgan fingerprint density at radius 2 is 1.82 bits per heavy atom. The largest absolute Gasteiger partial charge is 0.509 e. The number of allylic oxidation sites excluding steroid dienone is 4. The van der Waals surface area contributed by atoms with Crippen LogP contribution in [-0.4, -0.2) is 65.6 Å². The van der Waals surface area contributed by atoms with Gasteiger partial charge >= 0.3 is 12.1 Å². The molecule has 220 valence electrons. The highest BCUT2D eigenvalue weighted by Gasteiger charge is 2.78. The van der Waals surface area contributed by atoms with Gasteiger partial charge in [-0.2, -0.15) is 0 Å². The minimum atomic E-state index is -2.34. The number of esters is 1. The van der Waals surface area contributed by atoms with E-state index in [1.54, 1.807) is 20.8 Å². The molecule has 0 heterocycles. The number of hydrogen-bond donors (Lipinski definition) is 1. The predicted octanol–water partition coefficient (Wildman–Crippen LogP) is 4.38. The number of aliphatic hydroxyl groups is 1. The molecule has 0 aromatic rings. The van der Waals surface area contributed by atoms with Gasteiger partial charge in [0.1, 0.15) is 6.17 Å². The number of rotatable bonds is 7. The van der Waals surface area contributed by atoms with Gasteiger partial charge in [0.05, 0.1) is 18.6 Å².